The lowest BCUT2D eigenvalue weighted by atomic mass is 10.3. The van der Waals surface area contributed by atoms with Gasteiger partial charge in [0.05, 0.1) is 13.1 Å². The van der Waals surface area contributed by atoms with Gasteiger partial charge >= 0.3 is 0 Å². The quantitative estimate of drug-likeness (QED) is 0.675. The summed E-state index contributed by atoms with van der Waals surface area (Å²) in [5.74, 6) is 0. The van der Waals surface area contributed by atoms with Crippen LogP contribution in [0.3, 0.4) is 0 Å². The van der Waals surface area contributed by atoms with Crippen LogP contribution < -0.4 is 17.0 Å². The monoisotopic (exact) mass is 266 g/mol. The number of para-hydroxylation sites is 2. The Bertz CT molecular complexity index is 434. The van der Waals surface area contributed by atoms with Gasteiger partial charge in [-0.1, -0.05) is 38.8 Å². The number of halogens is 1. The second kappa shape index (κ2) is 7.42. The van der Waals surface area contributed by atoms with Crippen molar-refractivity contribution in [3.63, 3.8) is 0 Å². The van der Waals surface area contributed by atoms with Gasteiger partial charge in [-0.25, -0.2) is 9.13 Å². The zero-order valence-electron chi connectivity index (χ0n) is 11.4. The predicted molar refractivity (Wildman–Crippen MR) is 71.9 cm³/mol. The molecule has 0 bridgehead atoms. The summed E-state index contributed by atoms with van der Waals surface area (Å²) < 4.78 is 4.79. The van der Waals surface area contributed by atoms with Crippen molar-refractivity contribution in [3.8, 4) is 0 Å². The maximum Gasteiger partial charge on any atom is 0.244 e. The molecule has 2 aromatic rings. The number of fused-ring (bicyclic) bond motifs is 1. The largest absolute Gasteiger partial charge is 1.00 e. The van der Waals surface area contributed by atoms with E-state index in [0.717, 1.165) is 13.1 Å². The van der Waals surface area contributed by atoms with E-state index in [-0.39, 0.29) is 12.4 Å². The summed E-state index contributed by atoms with van der Waals surface area (Å²) in [6, 6.07) is 8.73. The Hall–Kier alpha value is -1.02. The van der Waals surface area contributed by atoms with E-state index < -0.39 is 0 Å². The number of hydrogen-bond donors (Lipinski definition) is 0. The van der Waals surface area contributed by atoms with E-state index in [4.69, 9.17) is 0 Å². The van der Waals surface area contributed by atoms with Crippen LogP contribution in [0, 0.1) is 0 Å². The Labute approximate surface area is 116 Å². The number of aromatic nitrogens is 2. The number of hydrogen-bond acceptors (Lipinski definition) is 0. The second-order valence-electron chi connectivity index (χ2n) is 4.70. The lowest BCUT2D eigenvalue weighted by Crippen LogP contribution is -3.00. The van der Waals surface area contributed by atoms with Crippen molar-refractivity contribution < 1.29 is 17.0 Å². The fourth-order valence-electron chi connectivity index (χ4n) is 2.26. The third kappa shape index (κ3) is 3.26. The first-order valence-electron chi connectivity index (χ1n) is 6.84. The van der Waals surface area contributed by atoms with E-state index in [1.807, 2.05) is 0 Å². The molecule has 18 heavy (non-hydrogen) atoms. The first-order valence-corrected chi connectivity index (χ1v) is 6.84. The molecule has 2 rings (SSSR count). The Morgan fingerprint density at radius 2 is 1.78 bits per heavy atom. The molecule has 1 aromatic heterocycles. The average Bonchev–Trinajstić information content (AvgIpc) is 2.72. The molecule has 0 radical (unpaired) electrons. The van der Waals surface area contributed by atoms with Crippen LogP contribution in [0.4, 0.5) is 0 Å². The standard InChI is InChI=1S/C15H23N2.ClH/c1-3-5-11-16-13-17(12-6-4-2)15-10-8-7-9-14(15)16;/h7-10,13H,3-6,11-12H2,1-2H3;1H/q+1;/p-1. The summed E-state index contributed by atoms with van der Waals surface area (Å²) in [7, 11) is 0. The Morgan fingerprint density at radius 1 is 1.06 bits per heavy atom. The minimum Gasteiger partial charge on any atom is -1.00 e. The maximum absolute atomic E-state index is 2.40. The summed E-state index contributed by atoms with van der Waals surface area (Å²) in [5.41, 5.74) is 2.74. The van der Waals surface area contributed by atoms with Crippen molar-refractivity contribution in [2.45, 2.75) is 52.6 Å². The van der Waals surface area contributed by atoms with Crippen molar-refractivity contribution in [3.05, 3.63) is 30.6 Å². The zero-order valence-corrected chi connectivity index (χ0v) is 12.2. The number of aryl methyl sites for hydroxylation is 2. The summed E-state index contributed by atoms with van der Waals surface area (Å²) in [4.78, 5) is 0. The number of nitrogens with zero attached hydrogens (tertiary/aromatic N) is 2. The molecule has 0 saturated heterocycles. The molecule has 0 aliphatic heterocycles. The second-order valence-corrected chi connectivity index (χ2v) is 4.70. The van der Waals surface area contributed by atoms with E-state index >= 15 is 0 Å². The minimum absolute atomic E-state index is 0. The molecule has 3 heteroatoms. The van der Waals surface area contributed by atoms with Crippen LogP contribution >= 0.6 is 0 Å². The fraction of sp³-hybridized carbons (Fsp3) is 0.533. The van der Waals surface area contributed by atoms with Gasteiger partial charge in [0, 0.05) is 0 Å². The minimum atomic E-state index is 0. The molecular weight excluding hydrogens is 244 g/mol. The zero-order chi connectivity index (χ0) is 12.1. The summed E-state index contributed by atoms with van der Waals surface area (Å²) in [6.45, 7) is 6.76. The number of rotatable bonds is 6. The average molecular weight is 267 g/mol. The van der Waals surface area contributed by atoms with Crippen molar-refractivity contribution in [1.29, 1.82) is 0 Å². The van der Waals surface area contributed by atoms with Crippen LogP contribution in [0.25, 0.3) is 11.0 Å². The third-order valence-electron chi connectivity index (χ3n) is 3.28. The van der Waals surface area contributed by atoms with Gasteiger partial charge in [-0.05, 0) is 25.0 Å². The van der Waals surface area contributed by atoms with E-state index in [2.05, 4.69) is 53.6 Å². The van der Waals surface area contributed by atoms with Crippen LogP contribution in [0.5, 0.6) is 0 Å². The first-order chi connectivity index (χ1) is 8.36. The molecule has 2 nitrogen and oxygen atoms in total. The van der Waals surface area contributed by atoms with Crippen molar-refractivity contribution in [2.24, 2.45) is 0 Å². The molecule has 1 aromatic carbocycles. The van der Waals surface area contributed by atoms with Crippen LogP contribution in [0.1, 0.15) is 39.5 Å². The lowest BCUT2D eigenvalue weighted by Gasteiger charge is -1.94. The van der Waals surface area contributed by atoms with Crippen molar-refractivity contribution >= 4 is 11.0 Å². The molecule has 0 fully saturated rings. The molecule has 0 aliphatic rings. The van der Waals surface area contributed by atoms with Gasteiger partial charge in [-0.15, -0.1) is 0 Å². The number of imidazole rings is 1. The van der Waals surface area contributed by atoms with E-state index in [1.54, 1.807) is 0 Å². The van der Waals surface area contributed by atoms with Gasteiger partial charge in [0.1, 0.15) is 0 Å². The molecule has 100 valence electrons. The van der Waals surface area contributed by atoms with Gasteiger partial charge in [-0.2, -0.15) is 0 Å². The Balaban J connectivity index is 0.00000162. The highest BCUT2D eigenvalue weighted by Crippen LogP contribution is 2.12. The Kier molecular flexibility index (Phi) is 6.20. The van der Waals surface area contributed by atoms with Gasteiger partial charge in [-0.3, -0.25) is 0 Å². The number of unbranched alkanes of at least 4 members (excludes halogenated alkanes) is 2. The predicted octanol–water partition coefficient (Wildman–Crippen LogP) is 0.533. The highest BCUT2D eigenvalue weighted by atomic mass is 35.5. The smallest absolute Gasteiger partial charge is 0.244 e. The molecule has 0 N–H and O–H groups in total. The highest BCUT2D eigenvalue weighted by molar-refractivity contribution is 5.71. The lowest BCUT2D eigenvalue weighted by molar-refractivity contribution is -0.672. The topological polar surface area (TPSA) is 8.81 Å². The maximum atomic E-state index is 2.40. The fourth-order valence-corrected chi connectivity index (χ4v) is 2.26. The van der Waals surface area contributed by atoms with E-state index in [1.165, 1.54) is 36.7 Å². The first kappa shape index (κ1) is 15.0. The molecule has 0 unspecified atom stereocenters. The van der Waals surface area contributed by atoms with Crippen LogP contribution in [0.2, 0.25) is 0 Å². The summed E-state index contributed by atoms with van der Waals surface area (Å²) >= 11 is 0. The summed E-state index contributed by atoms with van der Waals surface area (Å²) in [5, 5.41) is 0. The molecule has 0 aliphatic carbocycles. The van der Waals surface area contributed by atoms with Gasteiger partial charge < -0.3 is 12.4 Å². The summed E-state index contributed by atoms with van der Waals surface area (Å²) in [6.07, 6.45) is 7.30. The molecule has 0 atom stereocenters. The van der Waals surface area contributed by atoms with E-state index in [0.29, 0.717) is 0 Å². The van der Waals surface area contributed by atoms with Crippen LogP contribution in [-0.4, -0.2) is 4.57 Å². The van der Waals surface area contributed by atoms with Gasteiger partial charge in [0.15, 0.2) is 11.0 Å². The van der Waals surface area contributed by atoms with E-state index in [9.17, 15) is 0 Å². The molecule has 1 heterocycles. The van der Waals surface area contributed by atoms with Crippen molar-refractivity contribution in [1.82, 2.24) is 4.57 Å². The molecule has 0 amide bonds. The van der Waals surface area contributed by atoms with Gasteiger partial charge in [0.2, 0.25) is 6.33 Å². The van der Waals surface area contributed by atoms with Crippen LogP contribution in [-0.2, 0) is 13.1 Å². The third-order valence-corrected chi connectivity index (χ3v) is 3.28. The normalized spacial score (nSPS) is 10.6. The SMILES string of the molecule is CCCCn1c[n+](CCCC)c2ccccc21.[Cl-]. The van der Waals surface area contributed by atoms with Crippen LogP contribution in [0.15, 0.2) is 30.6 Å². The Morgan fingerprint density at radius 3 is 2.50 bits per heavy atom. The number of benzene rings is 1. The van der Waals surface area contributed by atoms with Gasteiger partial charge in [0.25, 0.3) is 0 Å². The molecule has 0 spiro atoms. The highest BCUT2D eigenvalue weighted by Gasteiger charge is 2.13. The van der Waals surface area contributed by atoms with Crippen molar-refractivity contribution in [2.75, 3.05) is 0 Å². The molecular formula is C15H23ClN2. The molecule has 0 saturated carbocycles.